The summed E-state index contributed by atoms with van der Waals surface area (Å²) in [5.41, 5.74) is 0. The van der Waals surface area contributed by atoms with Gasteiger partial charge in [0.05, 0.1) is 33.0 Å². The van der Waals surface area contributed by atoms with Crippen LogP contribution in [-0.2, 0) is 42.6 Å². The Labute approximate surface area is 316 Å². The van der Waals surface area contributed by atoms with E-state index in [4.69, 9.17) is 42.6 Å². The van der Waals surface area contributed by atoms with Crippen molar-refractivity contribution in [1.82, 2.24) is 0 Å². The molecule has 1 unspecified atom stereocenters. The molecule has 56 heavy (non-hydrogen) atoms. The molecule has 0 spiro atoms. The van der Waals surface area contributed by atoms with Crippen LogP contribution in [0, 0.1) is 0 Å². The number of hydrogen-bond acceptors (Lipinski definition) is 26. The number of aliphatic hydroxyl groups is 17. The normalized spacial score (nSPS) is 53.2. The first-order chi connectivity index (χ1) is 26.5. The van der Waals surface area contributed by atoms with Crippen molar-refractivity contribution < 1.29 is 129 Å². The lowest BCUT2D eigenvalue weighted by atomic mass is 9.95. The summed E-state index contributed by atoms with van der Waals surface area (Å²) in [4.78, 5) is 0. The Morgan fingerprint density at radius 1 is 0.268 bits per heavy atom. The van der Waals surface area contributed by atoms with Crippen molar-refractivity contribution in [3.63, 3.8) is 0 Å². The lowest BCUT2D eigenvalue weighted by Crippen LogP contribution is -2.68. The van der Waals surface area contributed by atoms with E-state index < -0.39 is 187 Å². The molecule has 0 aliphatic carbocycles. The molecule has 0 bridgehead atoms. The maximum absolute atomic E-state index is 11.3. The van der Waals surface area contributed by atoms with E-state index in [0.29, 0.717) is 0 Å². The highest BCUT2D eigenvalue weighted by atomic mass is 16.8. The van der Waals surface area contributed by atoms with E-state index >= 15 is 0 Å². The first-order valence-electron chi connectivity index (χ1n) is 17.6. The van der Waals surface area contributed by atoms with Gasteiger partial charge < -0.3 is 129 Å². The predicted molar refractivity (Wildman–Crippen MR) is 167 cm³/mol. The second kappa shape index (κ2) is 19.6. The van der Waals surface area contributed by atoms with E-state index in [9.17, 15) is 86.8 Å². The molecule has 25 atom stereocenters. The molecule has 0 radical (unpaired) electrons. The van der Waals surface area contributed by atoms with Crippen LogP contribution in [0.15, 0.2) is 0 Å². The summed E-state index contributed by atoms with van der Waals surface area (Å²) in [7, 11) is 0. The molecule has 5 aliphatic heterocycles. The minimum absolute atomic E-state index is 0.846. The molecule has 5 saturated heterocycles. The van der Waals surface area contributed by atoms with Crippen molar-refractivity contribution >= 4 is 0 Å². The molecule has 5 aliphatic rings. The van der Waals surface area contributed by atoms with Crippen LogP contribution in [-0.4, -0.2) is 273 Å². The van der Waals surface area contributed by atoms with Gasteiger partial charge in [0.1, 0.15) is 122 Å². The average Bonchev–Trinajstić information content (AvgIpc) is 3.19. The van der Waals surface area contributed by atoms with E-state index in [1.807, 2.05) is 0 Å². The molecule has 0 saturated carbocycles. The standard InChI is InChI=1S/C30H52O26/c31-1-6-11(36)14(39)18(43)27(49-6)55-24-12(37)8(3-33)51-30(21(24)46)56-25-13(38)7(2-32)50-29(20(25)45)54-23-10(5-35)52-28(19(44)16(23)41)53-22-9(4-34)48-26(47)17(42)15(22)40/h6-47H,1-5H2/t6-,7-,8-,9-,10-,11+,12+,13+,14+,15-,16-,17-,18-,19-,20-,21-,22-,23+,24+,25+,26?,27-,28+,29-,30-/m1/s1. The zero-order valence-electron chi connectivity index (χ0n) is 29.2. The fourth-order valence-electron chi connectivity index (χ4n) is 7.02. The van der Waals surface area contributed by atoms with Gasteiger partial charge in [0.25, 0.3) is 0 Å². The minimum atomic E-state index is -2.14. The Morgan fingerprint density at radius 2 is 0.571 bits per heavy atom. The van der Waals surface area contributed by atoms with Crippen LogP contribution in [0.1, 0.15) is 0 Å². The van der Waals surface area contributed by atoms with Crippen LogP contribution in [0.2, 0.25) is 0 Å². The maximum atomic E-state index is 11.3. The lowest BCUT2D eigenvalue weighted by Gasteiger charge is -2.49. The molecule has 5 fully saturated rings. The van der Waals surface area contributed by atoms with Crippen LogP contribution in [0.25, 0.3) is 0 Å². The van der Waals surface area contributed by atoms with Crippen molar-refractivity contribution in [1.29, 1.82) is 0 Å². The number of hydrogen-bond donors (Lipinski definition) is 17. The van der Waals surface area contributed by atoms with Crippen molar-refractivity contribution in [3.8, 4) is 0 Å². The molecule has 0 aromatic carbocycles. The smallest absolute Gasteiger partial charge is 0.187 e. The first kappa shape index (κ1) is 46.0. The van der Waals surface area contributed by atoms with Gasteiger partial charge in [-0.3, -0.25) is 0 Å². The number of rotatable bonds is 13. The molecular weight excluding hydrogens is 776 g/mol. The van der Waals surface area contributed by atoms with E-state index in [0.717, 1.165) is 0 Å². The topological polar surface area (TPSA) is 427 Å². The van der Waals surface area contributed by atoms with Crippen molar-refractivity contribution in [3.05, 3.63) is 0 Å². The zero-order chi connectivity index (χ0) is 41.3. The molecule has 328 valence electrons. The summed E-state index contributed by atoms with van der Waals surface area (Å²) in [5, 5.41) is 176. The second-order valence-electron chi connectivity index (χ2n) is 13.9. The van der Waals surface area contributed by atoms with E-state index in [1.54, 1.807) is 0 Å². The van der Waals surface area contributed by atoms with Crippen LogP contribution >= 0.6 is 0 Å². The summed E-state index contributed by atoms with van der Waals surface area (Å²) in [6.45, 7) is -4.58. The largest absolute Gasteiger partial charge is 0.394 e. The van der Waals surface area contributed by atoms with Crippen molar-refractivity contribution in [2.24, 2.45) is 0 Å². The van der Waals surface area contributed by atoms with E-state index in [1.165, 1.54) is 0 Å². The third kappa shape index (κ3) is 9.16. The zero-order valence-corrected chi connectivity index (χ0v) is 29.2. The van der Waals surface area contributed by atoms with Crippen molar-refractivity contribution in [2.75, 3.05) is 33.0 Å². The van der Waals surface area contributed by atoms with Crippen LogP contribution in [0.3, 0.4) is 0 Å². The average molecular weight is 829 g/mol. The Balaban J connectivity index is 1.30. The third-order valence-corrected chi connectivity index (χ3v) is 10.3. The summed E-state index contributed by atoms with van der Waals surface area (Å²) in [6.07, 6.45) is -46.6. The molecule has 5 heterocycles. The lowest BCUT2D eigenvalue weighted by molar-refractivity contribution is -0.394. The Hall–Kier alpha value is -1.04. The molecule has 17 N–H and O–H groups in total. The fraction of sp³-hybridized carbons (Fsp3) is 1.00. The second-order valence-corrected chi connectivity index (χ2v) is 13.9. The first-order valence-corrected chi connectivity index (χ1v) is 17.6. The summed E-state index contributed by atoms with van der Waals surface area (Å²) in [6, 6.07) is 0. The van der Waals surface area contributed by atoms with Gasteiger partial charge in [0, 0.05) is 0 Å². The monoisotopic (exact) mass is 828 g/mol. The van der Waals surface area contributed by atoms with Crippen LogP contribution in [0.4, 0.5) is 0 Å². The third-order valence-electron chi connectivity index (χ3n) is 10.3. The minimum Gasteiger partial charge on any atom is -0.394 e. The van der Waals surface area contributed by atoms with Gasteiger partial charge in [-0.05, 0) is 0 Å². The fourth-order valence-corrected chi connectivity index (χ4v) is 7.02. The van der Waals surface area contributed by atoms with Gasteiger partial charge in [-0.25, -0.2) is 0 Å². The van der Waals surface area contributed by atoms with Gasteiger partial charge >= 0.3 is 0 Å². The van der Waals surface area contributed by atoms with Gasteiger partial charge in [-0.1, -0.05) is 0 Å². The highest BCUT2D eigenvalue weighted by Crippen LogP contribution is 2.35. The van der Waals surface area contributed by atoms with Crippen molar-refractivity contribution in [2.45, 2.75) is 154 Å². The molecule has 0 aromatic rings. The quantitative estimate of drug-likeness (QED) is 0.0819. The number of aliphatic hydroxyl groups excluding tert-OH is 17. The molecular formula is C30H52O26. The van der Waals surface area contributed by atoms with Gasteiger partial charge in [-0.2, -0.15) is 0 Å². The van der Waals surface area contributed by atoms with Crippen LogP contribution in [0.5, 0.6) is 0 Å². The predicted octanol–water partition coefficient (Wildman–Crippen LogP) is -11.9. The summed E-state index contributed by atoms with van der Waals surface area (Å²) in [5.74, 6) is 0. The van der Waals surface area contributed by atoms with Gasteiger partial charge in [0.15, 0.2) is 31.5 Å². The van der Waals surface area contributed by atoms with E-state index in [-0.39, 0.29) is 0 Å². The molecule has 26 heteroatoms. The summed E-state index contributed by atoms with van der Waals surface area (Å²) < 4.78 is 49.1. The Bertz CT molecular complexity index is 1200. The van der Waals surface area contributed by atoms with Crippen LogP contribution < -0.4 is 0 Å². The molecule has 26 nitrogen and oxygen atoms in total. The van der Waals surface area contributed by atoms with E-state index in [2.05, 4.69) is 0 Å². The Kier molecular flexibility index (Phi) is 16.1. The van der Waals surface area contributed by atoms with Gasteiger partial charge in [0.2, 0.25) is 0 Å². The maximum Gasteiger partial charge on any atom is 0.187 e. The molecule has 0 aromatic heterocycles. The highest BCUT2D eigenvalue weighted by molar-refractivity contribution is 4.99. The SMILES string of the molecule is OC[C@H]1O[C@H](O[C@H]2[C@@H](O)[C@@H](CO)O[C@H](O[C@H]3[C@@H](O)[C@@H](CO)O[C@H](O[C@@H]4[C@H](O)[C@@H](O)[C@H](O[C@H]5[C@H](O)[C@@H](O)C(O)O[C@@H]5CO)O[C@@H]4CO)[C@@H]3O)[C@@H]2O)[C@H](O)[C@@H](O)[C@H]1O. The number of ether oxygens (including phenoxy) is 9. The molecule has 0 amide bonds. The molecule has 5 rings (SSSR count). The Morgan fingerprint density at radius 3 is 0.982 bits per heavy atom. The summed E-state index contributed by atoms with van der Waals surface area (Å²) >= 11 is 0. The van der Waals surface area contributed by atoms with Gasteiger partial charge in [-0.15, -0.1) is 0 Å². The highest BCUT2D eigenvalue weighted by Gasteiger charge is 2.56.